The van der Waals surface area contributed by atoms with E-state index >= 15 is 0 Å². The fraction of sp³-hybridized carbons (Fsp3) is 0.500. The molecule has 0 aliphatic heterocycles. The van der Waals surface area contributed by atoms with E-state index in [0.29, 0.717) is 18.5 Å². The minimum Gasteiger partial charge on any atom is -0.481 e. The van der Waals surface area contributed by atoms with E-state index in [0.717, 1.165) is 23.7 Å². The molecule has 108 valence electrons. The normalized spacial score (nSPS) is 22.9. The SMILES string of the molecule is O=C(NC1CCCCCC1C(=O)O)c1ccc(Br)cn1. The molecule has 20 heavy (non-hydrogen) atoms. The van der Waals surface area contributed by atoms with Crippen molar-refractivity contribution >= 4 is 27.8 Å². The van der Waals surface area contributed by atoms with Gasteiger partial charge in [-0.3, -0.25) is 9.59 Å². The molecule has 2 atom stereocenters. The van der Waals surface area contributed by atoms with Gasteiger partial charge in [0.25, 0.3) is 5.91 Å². The fourth-order valence-electron chi connectivity index (χ4n) is 2.53. The highest BCUT2D eigenvalue weighted by atomic mass is 79.9. The average molecular weight is 341 g/mol. The molecule has 1 fully saturated rings. The smallest absolute Gasteiger partial charge is 0.308 e. The van der Waals surface area contributed by atoms with Crippen molar-refractivity contribution in [2.45, 2.75) is 38.1 Å². The van der Waals surface area contributed by atoms with E-state index in [1.54, 1.807) is 18.3 Å². The first-order chi connectivity index (χ1) is 9.58. The third-order valence-corrected chi connectivity index (χ3v) is 4.08. The number of carbonyl (C=O) groups excluding carboxylic acids is 1. The Hall–Kier alpha value is -1.43. The maximum Gasteiger partial charge on any atom is 0.308 e. The molecule has 2 unspecified atom stereocenters. The van der Waals surface area contributed by atoms with Crippen LogP contribution in [0.1, 0.15) is 42.6 Å². The summed E-state index contributed by atoms with van der Waals surface area (Å²) in [6.45, 7) is 0. The Morgan fingerprint density at radius 2 is 2.00 bits per heavy atom. The van der Waals surface area contributed by atoms with Crippen LogP contribution >= 0.6 is 15.9 Å². The van der Waals surface area contributed by atoms with Crippen LogP contribution in [0.3, 0.4) is 0 Å². The van der Waals surface area contributed by atoms with E-state index in [9.17, 15) is 14.7 Å². The Morgan fingerprint density at radius 1 is 1.25 bits per heavy atom. The lowest BCUT2D eigenvalue weighted by Gasteiger charge is -2.22. The number of nitrogens with zero attached hydrogens (tertiary/aromatic N) is 1. The van der Waals surface area contributed by atoms with Crippen molar-refractivity contribution in [2.75, 3.05) is 0 Å². The van der Waals surface area contributed by atoms with Gasteiger partial charge in [0.2, 0.25) is 0 Å². The first kappa shape index (κ1) is 15.0. The highest BCUT2D eigenvalue weighted by molar-refractivity contribution is 9.10. The van der Waals surface area contributed by atoms with Crippen LogP contribution in [0, 0.1) is 5.92 Å². The van der Waals surface area contributed by atoms with Crippen LogP contribution in [0.4, 0.5) is 0 Å². The van der Waals surface area contributed by atoms with Crippen LogP contribution < -0.4 is 5.32 Å². The number of aromatic nitrogens is 1. The van der Waals surface area contributed by atoms with Crippen molar-refractivity contribution < 1.29 is 14.7 Å². The molecule has 0 bridgehead atoms. The van der Waals surface area contributed by atoms with E-state index in [2.05, 4.69) is 26.2 Å². The van der Waals surface area contributed by atoms with Gasteiger partial charge in [-0.1, -0.05) is 19.3 Å². The number of carboxylic acid groups (broad SMARTS) is 1. The van der Waals surface area contributed by atoms with Crippen molar-refractivity contribution in [1.29, 1.82) is 0 Å². The summed E-state index contributed by atoms with van der Waals surface area (Å²) in [4.78, 5) is 27.5. The monoisotopic (exact) mass is 340 g/mol. The van der Waals surface area contributed by atoms with Gasteiger partial charge in [0.1, 0.15) is 5.69 Å². The molecule has 2 N–H and O–H groups in total. The first-order valence-corrected chi connectivity index (χ1v) is 7.52. The second kappa shape index (κ2) is 6.83. The number of halogens is 1. The molecule has 0 spiro atoms. The highest BCUT2D eigenvalue weighted by Gasteiger charge is 2.30. The van der Waals surface area contributed by atoms with E-state index in [1.165, 1.54) is 0 Å². The van der Waals surface area contributed by atoms with Gasteiger partial charge in [0.15, 0.2) is 0 Å². The van der Waals surface area contributed by atoms with Crippen molar-refractivity contribution in [1.82, 2.24) is 10.3 Å². The van der Waals surface area contributed by atoms with Crippen molar-refractivity contribution in [3.05, 3.63) is 28.5 Å². The summed E-state index contributed by atoms with van der Waals surface area (Å²) in [5.41, 5.74) is 0.307. The summed E-state index contributed by atoms with van der Waals surface area (Å²) < 4.78 is 0.798. The number of nitrogens with one attached hydrogen (secondary N) is 1. The van der Waals surface area contributed by atoms with E-state index in [-0.39, 0.29) is 11.9 Å². The topological polar surface area (TPSA) is 79.3 Å². The van der Waals surface area contributed by atoms with Gasteiger partial charge >= 0.3 is 5.97 Å². The molecule has 1 amide bonds. The molecule has 0 radical (unpaired) electrons. The zero-order valence-electron chi connectivity index (χ0n) is 11.0. The van der Waals surface area contributed by atoms with Gasteiger partial charge in [-0.15, -0.1) is 0 Å². The molecule has 1 aliphatic carbocycles. The fourth-order valence-corrected chi connectivity index (χ4v) is 2.76. The summed E-state index contributed by atoms with van der Waals surface area (Å²) in [6.07, 6.45) is 5.75. The second-order valence-electron chi connectivity index (χ2n) is 5.02. The summed E-state index contributed by atoms with van der Waals surface area (Å²) >= 11 is 3.26. The number of carbonyl (C=O) groups is 2. The van der Waals surface area contributed by atoms with Crippen LogP contribution in [0.15, 0.2) is 22.8 Å². The van der Waals surface area contributed by atoms with Crippen LogP contribution in [0.5, 0.6) is 0 Å². The maximum atomic E-state index is 12.1. The Labute approximate surface area is 125 Å². The number of aliphatic carboxylic acids is 1. The van der Waals surface area contributed by atoms with Crippen molar-refractivity contribution in [3.8, 4) is 0 Å². The summed E-state index contributed by atoms with van der Waals surface area (Å²) in [5.74, 6) is -1.64. The number of hydrogen-bond acceptors (Lipinski definition) is 3. The van der Waals surface area contributed by atoms with Crippen molar-refractivity contribution in [2.24, 2.45) is 5.92 Å². The maximum absolute atomic E-state index is 12.1. The lowest BCUT2D eigenvalue weighted by Crippen LogP contribution is -2.43. The number of carboxylic acids is 1. The molecule has 2 rings (SSSR count). The summed E-state index contributed by atoms with van der Waals surface area (Å²) in [5, 5.41) is 12.1. The first-order valence-electron chi connectivity index (χ1n) is 6.73. The molecule has 5 nitrogen and oxygen atoms in total. The summed E-state index contributed by atoms with van der Waals surface area (Å²) in [6, 6.07) is 3.04. The molecule has 0 saturated heterocycles. The van der Waals surface area contributed by atoms with Gasteiger partial charge in [-0.05, 0) is 40.9 Å². The van der Waals surface area contributed by atoms with Crippen LogP contribution in [0.25, 0.3) is 0 Å². The largest absolute Gasteiger partial charge is 0.481 e. The Bertz CT molecular complexity index is 490. The van der Waals surface area contributed by atoms with Gasteiger partial charge in [0, 0.05) is 16.7 Å². The summed E-state index contributed by atoms with van der Waals surface area (Å²) in [7, 11) is 0. The van der Waals surface area contributed by atoms with Gasteiger partial charge in [0.05, 0.1) is 5.92 Å². The Balaban J connectivity index is 2.07. The molecule has 1 aromatic rings. The third kappa shape index (κ3) is 3.79. The molecule has 6 heteroatoms. The van der Waals surface area contributed by atoms with Gasteiger partial charge in [-0.25, -0.2) is 4.98 Å². The molecule has 1 heterocycles. The standard InChI is InChI=1S/C14H17BrN2O3/c15-9-6-7-12(16-8-9)13(18)17-11-5-3-1-2-4-10(11)14(19)20/h6-8,10-11H,1-5H2,(H,17,18)(H,19,20). The zero-order chi connectivity index (χ0) is 14.5. The molecular formula is C14H17BrN2O3. The quantitative estimate of drug-likeness (QED) is 0.829. The molecular weight excluding hydrogens is 324 g/mol. The number of pyridine rings is 1. The predicted octanol–water partition coefficient (Wildman–Crippen LogP) is 2.61. The van der Waals surface area contributed by atoms with E-state index in [4.69, 9.17) is 0 Å². The van der Waals surface area contributed by atoms with Crippen LogP contribution in [-0.4, -0.2) is 28.0 Å². The minimum absolute atomic E-state index is 0.307. The zero-order valence-corrected chi connectivity index (χ0v) is 12.6. The lowest BCUT2D eigenvalue weighted by atomic mass is 9.95. The molecule has 1 aliphatic rings. The van der Waals surface area contributed by atoms with Crippen LogP contribution in [0.2, 0.25) is 0 Å². The predicted molar refractivity (Wildman–Crippen MR) is 77.4 cm³/mol. The third-order valence-electron chi connectivity index (χ3n) is 3.61. The number of amides is 1. The highest BCUT2D eigenvalue weighted by Crippen LogP contribution is 2.24. The minimum atomic E-state index is -0.832. The lowest BCUT2D eigenvalue weighted by molar-refractivity contribution is -0.142. The number of rotatable bonds is 3. The van der Waals surface area contributed by atoms with Gasteiger partial charge < -0.3 is 10.4 Å². The van der Waals surface area contributed by atoms with Crippen molar-refractivity contribution in [3.63, 3.8) is 0 Å². The average Bonchev–Trinajstić information content (AvgIpc) is 2.65. The molecule has 1 aromatic heterocycles. The Kier molecular flexibility index (Phi) is 5.11. The van der Waals surface area contributed by atoms with E-state index in [1.807, 2.05) is 0 Å². The Morgan fingerprint density at radius 3 is 2.65 bits per heavy atom. The number of hydrogen-bond donors (Lipinski definition) is 2. The molecule has 0 aromatic carbocycles. The van der Waals surface area contributed by atoms with E-state index < -0.39 is 11.9 Å². The molecule has 1 saturated carbocycles. The second-order valence-corrected chi connectivity index (χ2v) is 5.94. The van der Waals surface area contributed by atoms with Gasteiger partial charge in [-0.2, -0.15) is 0 Å². The van der Waals surface area contributed by atoms with Crippen LogP contribution in [-0.2, 0) is 4.79 Å².